The maximum Gasteiger partial charge on any atom is 0.131 e. The third-order valence-corrected chi connectivity index (χ3v) is 3.17. The fraction of sp³-hybridized carbons (Fsp3) is 0.545. The molecule has 1 N–H and O–H groups in total. The van der Waals surface area contributed by atoms with Crippen LogP contribution in [0.1, 0.15) is 25.3 Å². The lowest BCUT2D eigenvalue weighted by Crippen LogP contribution is -2.27. The van der Waals surface area contributed by atoms with Crippen LogP contribution < -0.4 is 5.32 Å². The summed E-state index contributed by atoms with van der Waals surface area (Å²) in [7, 11) is 0. The summed E-state index contributed by atoms with van der Waals surface area (Å²) < 4.78 is 0. The second-order valence-electron chi connectivity index (χ2n) is 4.13. The first-order valence-corrected chi connectivity index (χ1v) is 5.96. The molecule has 0 aliphatic heterocycles. The van der Waals surface area contributed by atoms with Gasteiger partial charge in [0.1, 0.15) is 10.3 Å². The van der Waals surface area contributed by atoms with Crippen molar-refractivity contribution in [1.82, 2.24) is 10.3 Å². The molecule has 82 valence electrons. The summed E-state index contributed by atoms with van der Waals surface area (Å²) >= 11 is 11.6. The molecule has 1 heterocycles. The highest BCUT2D eigenvalue weighted by Crippen LogP contribution is 2.32. The third-order valence-electron chi connectivity index (χ3n) is 2.78. The van der Waals surface area contributed by atoms with Crippen LogP contribution in [0.15, 0.2) is 12.1 Å². The number of rotatable bonds is 4. The fourth-order valence-corrected chi connectivity index (χ4v) is 2.16. The molecule has 0 spiro atoms. The molecule has 2 rings (SSSR count). The van der Waals surface area contributed by atoms with Crippen LogP contribution in [0.3, 0.4) is 0 Å². The Bertz CT molecular complexity index is 330. The average Bonchev–Trinajstić information content (AvgIpc) is 2.95. The first kappa shape index (κ1) is 11.2. The predicted molar refractivity (Wildman–Crippen MR) is 63.3 cm³/mol. The standard InChI is InChI=1S/C11H14Cl2N2/c1-7(9-2-3-9)14-6-8-4-10(12)15-11(13)5-8/h4-5,7,9,14H,2-3,6H2,1H3. The van der Waals surface area contributed by atoms with Crippen LogP contribution in [0, 0.1) is 5.92 Å². The van der Waals surface area contributed by atoms with Gasteiger partial charge in [0.25, 0.3) is 0 Å². The zero-order chi connectivity index (χ0) is 10.8. The van der Waals surface area contributed by atoms with Crippen molar-refractivity contribution in [3.05, 3.63) is 28.0 Å². The summed E-state index contributed by atoms with van der Waals surface area (Å²) in [5.41, 5.74) is 1.09. The molecule has 0 amide bonds. The highest BCUT2D eigenvalue weighted by molar-refractivity contribution is 6.32. The van der Waals surface area contributed by atoms with E-state index in [9.17, 15) is 0 Å². The lowest BCUT2D eigenvalue weighted by atomic mass is 10.2. The first-order chi connectivity index (χ1) is 7.15. The lowest BCUT2D eigenvalue weighted by Gasteiger charge is -2.12. The SMILES string of the molecule is CC(NCc1cc(Cl)nc(Cl)c1)C1CC1. The van der Waals surface area contributed by atoms with Crippen molar-refractivity contribution < 1.29 is 0 Å². The van der Waals surface area contributed by atoms with Gasteiger partial charge in [0.15, 0.2) is 0 Å². The Morgan fingerprint density at radius 3 is 2.53 bits per heavy atom. The van der Waals surface area contributed by atoms with Gasteiger partial charge < -0.3 is 5.32 Å². The Morgan fingerprint density at radius 2 is 2.00 bits per heavy atom. The number of halogens is 2. The quantitative estimate of drug-likeness (QED) is 0.823. The van der Waals surface area contributed by atoms with Crippen molar-refractivity contribution in [2.45, 2.75) is 32.4 Å². The van der Waals surface area contributed by atoms with Gasteiger partial charge in [-0.25, -0.2) is 4.98 Å². The van der Waals surface area contributed by atoms with Crippen molar-refractivity contribution >= 4 is 23.2 Å². The molecule has 1 aliphatic carbocycles. The van der Waals surface area contributed by atoms with E-state index in [1.165, 1.54) is 12.8 Å². The Kier molecular flexibility index (Phi) is 3.49. The predicted octanol–water partition coefficient (Wildman–Crippen LogP) is 3.28. The summed E-state index contributed by atoms with van der Waals surface area (Å²) in [6, 6.07) is 4.27. The van der Waals surface area contributed by atoms with Crippen LogP contribution in [-0.4, -0.2) is 11.0 Å². The van der Waals surface area contributed by atoms with E-state index in [0.29, 0.717) is 16.3 Å². The molecule has 1 saturated carbocycles. The third kappa shape index (κ3) is 3.33. The van der Waals surface area contributed by atoms with Gasteiger partial charge in [-0.05, 0) is 43.4 Å². The van der Waals surface area contributed by atoms with Gasteiger partial charge >= 0.3 is 0 Å². The molecular formula is C11H14Cl2N2. The highest BCUT2D eigenvalue weighted by Gasteiger charge is 2.27. The second-order valence-corrected chi connectivity index (χ2v) is 4.90. The van der Waals surface area contributed by atoms with Crippen molar-refractivity contribution in [2.75, 3.05) is 0 Å². The number of nitrogens with one attached hydrogen (secondary N) is 1. The summed E-state index contributed by atoms with van der Waals surface area (Å²) in [6.45, 7) is 3.03. The van der Waals surface area contributed by atoms with E-state index >= 15 is 0 Å². The summed E-state index contributed by atoms with van der Waals surface area (Å²) in [6.07, 6.45) is 2.71. The molecule has 1 unspecified atom stereocenters. The number of hydrogen-bond acceptors (Lipinski definition) is 2. The van der Waals surface area contributed by atoms with Crippen LogP contribution in [-0.2, 0) is 6.54 Å². The van der Waals surface area contributed by atoms with Crippen LogP contribution >= 0.6 is 23.2 Å². The Morgan fingerprint density at radius 1 is 1.40 bits per heavy atom. The molecule has 1 aliphatic rings. The van der Waals surface area contributed by atoms with E-state index in [4.69, 9.17) is 23.2 Å². The average molecular weight is 245 g/mol. The summed E-state index contributed by atoms with van der Waals surface area (Å²) in [5, 5.41) is 4.38. The molecule has 0 bridgehead atoms. The molecule has 2 nitrogen and oxygen atoms in total. The fourth-order valence-electron chi connectivity index (χ4n) is 1.66. The van der Waals surface area contributed by atoms with Crippen LogP contribution in [0.4, 0.5) is 0 Å². The van der Waals surface area contributed by atoms with Crippen molar-refractivity contribution in [2.24, 2.45) is 5.92 Å². The minimum atomic E-state index is 0.457. The number of aromatic nitrogens is 1. The molecule has 1 aromatic heterocycles. The molecule has 1 atom stereocenters. The Labute approximate surface area is 100.0 Å². The summed E-state index contributed by atoms with van der Waals surface area (Å²) in [4.78, 5) is 3.91. The number of hydrogen-bond donors (Lipinski definition) is 1. The van der Waals surface area contributed by atoms with Crippen molar-refractivity contribution in [3.63, 3.8) is 0 Å². The molecule has 4 heteroatoms. The van der Waals surface area contributed by atoms with E-state index in [-0.39, 0.29) is 0 Å². The monoisotopic (exact) mass is 244 g/mol. The zero-order valence-corrected chi connectivity index (χ0v) is 10.1. The van der Waals surface area contributed by atoms with Gasteiger partial charge in [0, 0.05) is 12.6 Å². The number of nitrogens with zero attached hydrogens (tertiary/aromatic N) is 1. The molecule has 0 aromatic carbocycles. The van der Waals surface area contributed by atoms with Gasteiger partial charge in [-0.1, -0.05) is 23.2 Å². The smallest absolute Gasteiger partial charge is 0.131 e. The molecule has 1 aromatic rings. The highest BCUT2D eigenvalue weighted by atomic mass is 35.5. The molecule has 0 radical (unpaired) electrons. The van der Waals surface area contributed by atoms with Gasteiger partial charge in [-0.15, -0.1) is 0 Å². The van der Waals surface area contributed by atoms with E-state index in [0.717, 1.165) is 18.0 Å². The lowest BCUT2D eigenvalue weighted by molar-refractivity contribution is 0.496. The second kappa shape index (κ2) is 4.69. The molecule has 15 heavy (non-hydrogen) atoms. The Balaban J connectivity index is 1.91. The Hall–Kier alpha value is -0.310. The van der Waals surface area contributed by atoms with E-state index < -0.39 is 0 Å². The molecule has 0 saturated heterocycles. The van der Waals surface area contributed by atoms with E-state index in [1.807, 2.05) is 12.1 Å². The number of pyridine rings is 1. The van der Waals surface area contributed by atoms with Crippen LogP contribution in [0.25, 0.3) is 0 Å². The largest absolute Gasteiger partial charge is 0.310 e. The summed E-state index contributed by atoms with van der Waals surface area (Å²) in [5.74, 6) is 0.859. The van der Waals surface area contributed by atoms with Crippen LogP contribution in [0.2, 0.25) is 10.3 Å². The zero-order valence-electron chi connectivity index (χ0n) is 8.63. The maximum atomic E-state index is 5.82. The topological polar surface area (TPSA) is 24.9 Å². The van der Waals surface area contributed by atoms with Gasteiger partial charge in [0.05, 0.1) is 0 Å². The molecular weight excluding hydrogens is 231 g/mol. The van der Waals surface area contributed by atoms with E-state index in [1.54, 1.807) is 0 Å². The van der Waals surface area contributed by atoms with Gasteiger partial charge in [0.2, 0.25) is 0 Å². The van der Waals surface area contributed by atoms with Crippen molar-refractivity contribution in [3.8, 4) is 0 Å². The van der Waals surface area contributed by atoms with E-state index in [2.05, 4.69) is 17.2 Å². The first-order valence-electron chi connectivity index (χ1n) is 5.20. The normalized spacial score (nSPS) is 17.8. The minimum Gasteiger partial charge on any atom is -0.310 e. The van der Waals surface area contributed by atoms with Gasteiger partial charge in [-0.2, -0.15) is 0 Å². The maximum absolute atomic E-state index is 5.82. The molecule has 1 fully saturated rings. The minimum absolute atomic E-state index is 0.457. The van der Waals surface area contributed by atoms with Crippen molar-refractivity contribution in [1.29, 1.82) is 0 Å². The van der Waals surface area contributed by atoms with Crippen LogP contribution in [0.5, 0.6) is 0 Å². The van der Waals surface area contributed by atoms with Gasteiger partial charge in [-0.3, -0.25) is 0 Å².